The lowest BCUT2D eigenvalue weighted by molar-refractivity contribution is -0.385. The first-order valence-corrected chi connectivity index (χ1v) is 9.44. The highest BCUT2D eigenvalue weighted by Crippen LogP contribution is 2.38. The number of aromatic hydroxyl groups is 1. The zero-order valence-corrected chi connectivity index (χ0v) is 16.7. The number of nitrogens with zero attached hydrogens (tertiary/aromatic N) is 3. The largest absolute Gasteiger partial charge is 0.506 e. The maximum atomic E-state index is 12.6. The van der Waals surface area contributed by atoms with Gasteiger partial charge in [0.15, 0.2) is 0 Å². The van der Waals surface area contributed by atoms with Gasteiger partial charge in [-0.05, 0) is 33.8 Å². The number of nitro groups is 2. The van der Waals surface area contributed by atoms with Gasteiger partial charge >= 0.3 is 0 Å². The molecule has 1 heterocycles. The van der Waals surface area contributed by atoms with Crippen LogP contribution in [0.5, 0.6) is 5.75 Å². The van der Waals surface area contributed by atoms with Gasteiger partial charge in [0, 0.05) is 29.3 Å². The van der Waals surface area contributed by atoms with Crippen molar-refractivity contribution in [1.82, 2.24) is 4.90 Å². The van der Waals surface area contributed by atoms with Crippen LogP contribution in [0.4, 0.5) is 16.2 Å². The topological polar surface area (TPSA) is 144 Å². The molecule has 1 saturated heterocycles. The molecule has 0 radical (unpaired) electrons. The first-order valence-electron chi connectivity index (χ1n) is 7.83. The standard InChI is InChI=1S/C17H10BrN3O7S/c18-12-7-11(20(25)26)5-10(15(12)22)6-14-16(23)19(17(24)29-14)8-9-3-1-2-4-13(9)21(27)28/h1-7,22H,8H2/b14-6-. The molecular weight excluding hydrogens is 470 g/mol. The molecule has 29 heavy (non-hydrogen) atoms. The molecule has 10 nitrogen and oxygen atoms in total. The van der Waals surface area contributed by atoms with Gasteiger partial charge in [-0.2, -0.15) is 0 Å². The molecule has 1 fully saturated rings. The fourth-order valence-electron chi connectivity index (χ4n) is 2.59. The van der Waals surface area contributed by atoms with E-state index in [1.165, 1.54) is 18.2 Å². The van der Waals surface area contributed by atoms with Crippen LogP contribution in [0.1, 0.15) is 11.1 Å². The quantitative estimate of drug-likeness (QED) is 0.381. The predicted molar refractivity (Wildman–Crippen MR) is 107 cm³/mol. The number of rotatable bonds is 5. The van der Waals surface area contributed by atoms with E-state index in [0.29, 0.717) is 11.8 Å². The zero-order chi connectivity index (χ0) is 21.3. The molecule has 1 aliphatic heterocycles. The fraction of sp³-hybridized carbons (Fsp3) is 0.0588. The summed E-state index contributed by atoms with van der Waals surface area (Å²) in [5, 5.41) is 31.6. The van der Waals surface area contributed by atoms with Crippen molar-refractivity contribution in [2.24, 2.45) is 0 Å². The van der Waals surface area contributed by atoms with E-state index in [1.54, 1.807) is 6.07 Å². The Labute approximate surface area is 175 Å². The van der Waals surface area contributed by atoms with Crippen LogP contribution in [0.2, 0.25) is 0 Å². The molecule has 2 amide bonds. The second-order valence-electron chi connectivity index (χ2n) is 5.78. The minimum atomic E-state index is -0.722. The summed E-state index contributed by atoms with van der Waals surface area (Å²) >= 11 is 3.57. The average molecular weight is 480 g/mol. The van der Waals surface area contributed by atoms with E-state index in [0.717, 1.165) is 23.1 Å². The Kier molecular flexibility index (Phi) is 5.66. The molecule has 0 spiro atoms. The van der Waals surface area contributed by atoms with Gasteiger partial charge in [0.25, 0.3) is 22.5 Å². The van der Waals surface area contributed by atoms with Crippen LogP contribution < -0.4 is 0 Å². The molecule has 0 aliphatic carbocycles. The minimum absolute atomic E-state index is 0.0257. The highest BCUT2D eigenvalue weighted by Gasteiger charge is 2.36. The van der Waals surface area contributed by atoms with Gasteiger partial charge in [0.2, 0.25) is 0 Å². The van der Waals surface area contributed by atoms with Crippen molar-refractivity contribution < 1.29 is 24.5 Å². The van der Waals surface area contributed by atoms with E-state index >= 15 is 0 Å². The van der Waals surface area contributed by atoms with Crippen molar-refractivity contribution in [3.8, 4) is 5.75 Å². The lowest BCUT2D eigenvalue weighted by atomic mass is 10.1. The summed E-state index contributed by atoms with van der Waals surface area (Å²) in [5.74, 6) is -1.05. The number of amides is 2. The van der Waals surface area contributed by atoms with E-state index in [2.05, 4.69) is 15.9 Å². The monoisotopic (exact) mass is 479 g/mol. The van der Waals surface area contributed by atoms with Gasteiger partial charge in [-0.1, -0.05) is 18.2 Å². The fourth-order valence-corrected chi connectivity index (χ4v) is 3.88. The van der Waals surface area contributed by atoms with Crippen molar-refractivity contribution in [3.05, 3.63) is 77.1 Å². The number of halogens is 1. The maximum Gasteiger partial charge on any atom is 0.293 e. The van der Waals surface area contributed by atoms with Gasteiger partial charge in [-0.3, -0.25) is 34.7 Å². The summed E-state index contributed by atoms with van der Waals surface area (Å²) in [6.45, 7) is -0.302. The van der Waals surface area contributed by atoms with Gasteiger partial charge < -0.3 is 5.11 Å². The van der Waals surface area contributed by atoms with Crippen LogP contribution in [0.15, 0.2) is 45.8 Å². The Hall–Kier alpha value is -3.25. The maximum absolute atomic E-state index is 12.6. The number of benzene rings is 2. The summed E-state index contributed by atoms with van der Waals surface area (Å²) < 4.78 is 0.0529. The van der Waals surface area contributed by atoms with Crippen molar-refractivity contribution in [2.45, 2.75) is 6.54 Å². The number of thioether (sulfide) groups is 1. The summed E-state index contributed by atoms with van der Waals surface area (Å²) in [4.78, 5) is 46.5. The van der Waals surface area contributed by atoms with Crippen LogP contribution in [-0.2, 0) is 11.3 Å². The van der Waals surface area contributed by atoms with Crippen molar-refractivity contribution >= 4 is 56.3 Å². The number of imide groups is 1. The Morgan fingerprint density at radius 3 is 2.48 bits per heavy atom. The molecular formula is C17H10BrN3O7S. The highest BCUT2D eigenvalue weighted by atomic mass is 79.9. The number of non-ortho nitro benzene ring substituents is 1. The number of hydrogen-bond acceptors (Lipinski definition) is 8. The molecule has 0 bridgehead atoms. The highest BCUT2D eigenvalue weighted by molar-refractivity contribution is 9.10. The van der Waals surface area contributed by atoms with Crippen LogP contribution in [0.25, 0.3) is 6.08 Å². The second kappa shape index (κ2) is 8.01. The third-order valence-corrected chi connectivity index (χ3v) is 5.48. The molecule has 0 aromatic heterocycles. The number of hydrogen-bond donors (Lipinski definition) is 1. The predicted octanol–water partition coefficient (Wildman–Crippen LogP) is 4.21. The van der Waals surface area contributed by atoms with E-state index < -0.39 is 21.0 Å². The normalized spacial score (nSPS) is 15.2. The third-order valence-electron chi connectivity index (χ3n) is 3.97. The smallest absolute Gasteiger partial charge is 0.293 e. The molecule has 0 saturated carbocycles. The van der Waals surface area contributed by atoms with E-state index in [4.69, 9.17) is 0 Å². The number of phenols is 1. The van der Waals surface area contributed by atoms with Gasteiger partial charge in [0.05, 0.1) is 25.8 Å². The average Bonchev–Trinajstić information content (AvgIpc) is 2.92. The van der Waals surface area contributed by atoms with Gasteiger partial charge in [0.1, 0.15) is 5.75 Å². The van der Waals surface area contributed by atoms with Crippen LogP contribution in [-0.4, -0.2) is 31.0 Å². The Morgan fingerprint density at radius 2 is 1.83 bits per heavy atom. The first-order chi connectivity index (χ1) is 13.7. The van der Waals surface area contributed by atoms with Gasteiger partial charge in [-0.25, -0.2) is 0 Å². The van der Waals surface area contributed by atoms with Crippen molar-refractivity contribution in [3.63, 3.8) is 0 Å². The number of carbonyl (C=O) groups is 2. The van der Waals surface area contributed by atoms with Gasteiger partial charge in [-0.15, -0.1) is 0 Å². The lowest BCUT2D eigenvalue weighted by Crippen LogP contribution is -2.27. The third kappa shape index (κ3) is 4.12. The molecule has 0 unspecified atom stereocenters. The molecule has 148 valence electrons. The summed E-state index contributed by atoms with van der Waals surface area (Å²) in [7, 11) is 0. The SMILES string of the molecule is O=C1S/C(=C\c2cc([N+](=O)[O-])cc(Br)c2O)C(=O)N1Cc1ccccc1[N+](=O)[O-]. The molecule has 3 rings (SSSR count). The number of carbonyl (C=O) groups excluding carboxylic acids is 2. The van der Waals surface area contributed by atoms with Crippen LogP contribution in [0.3, 0.4) is 0 Å². The summed E-state index contributed by atoms with van der Waals surface area (Å²) in [6, 6.07) is 7.90. The molecule has 12 heteroatoms. The Bertz CT molecular complexity index is 1100. The van der Waals surface area contributed by atoms with Crippen molar-refractivity contribution in [1.29, 1.82) is 0 Å². The molecule has 1 N–H and O–H groups in total. The van der Waals surface area contributed by atoms with E-state index in [-0.39, 0.29) is 44.2 Å². The summed E-state index contributed by atoms with van der Waals surface area (Å²) in [6.07, 6.45) is 1.16. The minimum Gasteiger partial charge on any atom is -0.506 e. The Balaban J connectivity index is 1.94. The lowest BCUT2D eigenvalue weighted by Gasteiger charge is -2.12. The zero-order valence-electron chi connectivity index (χ0n) is 14.3. The molecule has 1 aliphatic rings. The van der Waals surface area contributed by atoms with Crippen molar-refractivity contribution in [2.75, 3.05) is 0 Å². The van der Waals surface area contributed by atoms with E-state index in [9.17, 15) is 34.9 Å². The summed E-state index contributed by atoms with van der Waals surface area (Å²) in [5.41, 5.74) is -0.389. The number of phenolic OH excluding ortho intramolecular Hbond substituents is 1. The Morgan fingerprint density at radius 1 is 1.14 bits per heavy atom. The number of nitro benzene ring substituents is 2. The van der Waals surface area contributed by atoms with Crippen LogP contribution >= 0.6 is 27.7 Å². The molecule has 0 atom stereocenters. The second-order valence-corrected chi connectivity index (χ2v) is 7.62. The molecule has 2 aromatic carbocycles. The first kappa shape index (κ1) is 20.5. The number of para-hydroxylation sites is 1. The van der Waals surface area contributed by atoms with Crippen LogP contribution in [0, 0.1) is 20.2 Å². The molecule has 2 aromatic rings. The van der Waals surface area contributed by atoms with E-state index in [1.807, 2.05) is 0 Å².